The molecule has 1 saturated heterocycles. The maximum Gasteiger partial charge on any atom is 0.243 e. The Morgan fingerprint density at radius 3 is 2.19 bits per heavy atom. The van der Waals surface area contributed by atoms with Crippen LogP contribution in [0.25, 0.3) is 0 Å². The third-order valence-electron chi connectivity index (χ3n) is 6.84. The number of hydrogen-bond donors (Lipinski definition) is 1. The molecule has 3 rings (SSSR count). The van der Waals surface area contributed by atoms with Gasteiger partial charge >= 0.3 is 0 Å². The van der Waals surface area contributed by atoms with Crippen LogP contribution in [0.4, 0.5) is 0 Å². The van der Waals surface area contributed by atoms with Crippen molar-refractivity contribution in [3.8, 4) is 5.75 Å². The summed E-state index contributed by atoms with van der Waals surface area (Å²) in [6.45, 7) is 8.97. The summed E-state index contributed by atoms with van der Waals surface area (Å²) in [4.78, 5) is 13.1. The van der Waals surface area contributed by atoms with Crippen molar-refractivity contribution < 1.29 is 26.4 Å². The second-order valence-corrected chi connectivity index (χ2v) is 14.5. The molecular formula is C27H38N2O6S2. The van der Waals surface area contributed by atoms with Crippen molar-refractivity contribution in [3.63, 3.8) is 0 Å². The van der Waals surface area contributed by atoms with Crippen molar-refractivity contribution in [2.24, 2.45) is 5.41 Å². The maximum absolute atomic E-state index is 13.0. The van der Waals surface area contributed by atoms with Gasteiger partial charge in [-0.1, -0.05) is 26.0 Å². The molecule has 37 heavy (non-hydrogen) atoms. The molecule has 0 bridgehead atoms. The monoisotopic (exact) mass is 550 g/mol. The van der Waals surface area contributed by atoms with Gasteiger partial charge in [-0.05, 0) is 81.0 Å². The van der Waals surface area contributed by atoms with Crippen molar-refractivity contribution >= 4 is 25.8 Å². The van der Waals surface area contributed by atoms with E-state index in [4.69, 9.17) is 4.74 Å². The van der Waals surface area contributed by atoms with E-state index in [0.717, 1.165) is 29.6 Å². The molecule has 204 valence electrons. The van der Waals surface area contributed by atoms with Gasteiger partial charge in [-0.2, -0.15) is 4.31 Å². The zero-order chi connectivity index (χ0) is 27.4. The summed E-state index contributed by atoms with van der Waals surface area (Å²) in [5.74, 6) is 0.826. The number of sulfonamides is 1. The Hall–Kier alpha value is -2.43. The minimum absolute atomic E-state index is 0.0445. The van der Waals surface area contributed by atoms with E-state index in [1.807, 2.05) is 45.9 Å². The number of carbonyl (C=O) groups excluding carboxylic acids is 1. The number of sulfone groups is 1. The molecular weight excluding hydrogens is 512 g/mol. The molecule has 0 saturated carbocycles. The van der Waals surface area contributed by atoms with Crippen molar-refractivity contribution in [1.29, 1.82) is 0 Å². The van der Waals surface area contributed by atoms with Gasteiger partial charge in [0.25, 0.3) is 0 Å². The highest BCUT2D eigenvalue weighted by Gasteiger charge is 2.33. The number of benzene rings is 2. The van der Waals surface area contributed by atoms with Gasteiger partial charge in [0, 0.05) is 30.8 Å². The molecule has 2 aromatic carbocycles. The predicted molar refractivity (Wildman–Crippen MR) is 144 cm³/mol. The molecule has 0 spiro atoms. The van der Waals surface area contributed by atoms with Gasteiger partial charge in [-0.25, -0.2) is 16.8 Å². The number of nitrogens with one attached hydrogen (secondary N) is 1. The molecule has 0 aromatic heterocycles. The standard InChI is InChI=1S/C27H38N2O6S2/c1-20-7-8-21(2)25(19-20)35-18-6-15-27(3,4)26(30)28-22-13-16-29(17-14-22)37(33,34)24-11-9-23(10-12-24)36(5,31)32/h7-12,19,22H,6,13-18H2,1-5H3,(H,28,30). The van der Waals surface area contributed by atoms with Crippen LogP contribution in [0.3, 0.4) is 0 Å². The Morgan fingerprint density at radius 1 is 1.00 bits per heavy atom. The van der Waals surface area contributed by atoms with Crippen LogP contribution in [-0.4, -0.2) is 59.0 Å². The first kappa shape index (κ1) is 29.1. The normalized spacial score (nSPS) is 15.9. The van der Waals surface area contributed by atoms with Crippen LogP contribution in [-0.2, 0) is 24.7 Å². The fourth-order valence-electron chi connectivity index (χ4n) is 4.30. The number of aryl methyl sites for hydroxylation is 2. The van der Waals surface area contributed by atoms with Crippen molar-refractivity contribution in [2.45, 2.75) is 69.2 Å². The third kappa shape index (κ3) is 7.55. The molecule has 10 heteroatoms. The predicted octanol–water partition coefficient (Wildman–Crippen LogP) is 3.86. The number of piperidine rings is 1. The molecule has 8 nitrogen and oxygen atoms in total. The quantitative estimate of drug-likeness (QED) is 0.450. The largest absolute Gasteiger partial charge is 0.493 e. The van der Waals surface area contributed by atoms with E-state index >= 15 is 0 Å². The summed E-state index contributed by atoms with van der Waals surface area (Å²) in [6.07, 6.45) is 3.51. The van der Waals surface area contributed by atoms with Crippen LogP contribution in [0, 0.1) is 19.3 Å². The number of nitrogens with zero attached hydrogens (tertiary/aromatic N) is 1. The summed E-state index contributed by atoms with van der Waals surface area (Å²) in [5, 5.41) is 3.10. The lowest BCUT2D eigenvalue weighted by molar-refractivity contribution is -0.130. The molecule has 1 amide bonds. The highest BCUT2D eigenvalue weighted by atomic mass is 32.2. The molecule has 1 N–H and O–H groups in total. The number of rotatable bonds is 10. The summed E-state index contributed by atoms with van der Waals surface area (Å²) in [6, 6.07) is 11.3. The average molecular weight is 551 g/mol. The van der Waals surface area contributed by atoms with E-state index in [2.05, 4.69) is 5.32 Å². The first-order chi connectivity index (χ1) is 17.2. The van der Waals surface area contributed by atoms with Gasteiger partial charge in [-0.15, -0.1) is 0 Å². The number of carbonyl (C=O) groups is 1. The summed E-state index contributed by atoms with van der Waals surface area (Å²) >= 11 is 0. The molecule has 1 fully saturated rings. The Labute approximate surface area is 221 Å². The van der Waals surface area contributed by atoms with E-state index in [1.54, 1.807) is 0 Å². The van der Waals surface area contributed by atoms with Gasteiger partial charge in [0.05, 0.1) is 16.4 Å². The first-order valence-electron chi connectivity index (χ1n) is 12.5. The lowest BCUT2D eigenvalue weighted by Crippen LogP contribution is -2.49. The molecule has 0 aliphatic carbocycles. The lowest BCUT2D eigenvalue weighted by atomic mass is 9.86. The maximum atomic E-state index is 13.0. The molecule has 2 aromatic rings. The Bertz CT molecular complexity index is 1310. The van der Waals surface area contributed by atoms with Crippen molar-refractivity contribution in [3.05, 3.63) is 53.6 Å². The van der Waals surface area contributed by atoms with E-state index in [-0.39, 0.29) is 34.8 Å². The van der Waals surface area contributed by atoms with Gasteiger partial charge in [-0.3, -0.25) is 4.79 Å². The Balaban J connectivity index is 1.48. The second-order valence-electron chi connectivity index (χ2n) is 10.5. The van der Waals surface area contributed by atoms with Crippen LogP contribution < -0.4 is 10.1 Å². The Kier molecular flexibility index (Phi) is 9.08. The van der Waals surface area contributed by atoms with Crippen LogP contribution in [0.15, 0.2) is 52.3 Å². The number of hydrogen-bond acceptors (Lipinski definition) is 6. The SMILES string of the molecule is Cc1ccc(C)c(OCCCC(C)(C)C(=O)NC2CCN(S(=O)(=O)c3ccc(S(C)(=O)=O)cc3)CC2)c1. The van der Waals surface area contributed by atoms with Crippen LogP contribution in [0.5, 0.6) is 5.75 Å². The second kappa shape index (κ2) is 11.5. The average Bonchev–Trinajstić information content (AvgIpc) is 2.83. The lowest BCUT2D eigenvalue weighted by Gasteiger charge is -2.34. The zero-order valence-electron chi connectivity index (χ0n) is 22.3. The highest BCUT2D eigenvalue weighted by molar-refractivity contribution is 7.90. The zero-order valence-corrected chi connectivity index (χ0v) is 23.9. The molecule has 1 heterocycles. The van der Waals surface area contributed by atoms with E-state index in [0.29, 0.717) is 25.9 Å². The third-order valence-corrected chi connectivity index (χ3v) is 9.88. The van der Waals surface area contributed by atoms with Gasteiger partial charge in [0.15, 0.2) is 9.84 Å². The van der Waals surface area contributed by atoms with Gasteiger partial charge < -0.3 is 10.1 Å². The van der Waals surface area contributed by atoms with Crippen LogP contribution in [0.1, 0.15) is 50.7 Å². The summed E-state index contributed by atoms with van der Waals surface area (Å²) < 4.78 is 56.6. The first-order valence-corrected chi connectivity index (χ1v) is 15.8. The number of amides is 1. The summed E-state index contributed by atoms with van der Waals surface area (Å²) in [5.41, 5.74) is 1.65. The van der Waals surface area contributed by atoms with Crippen LogP contribution in [0.2, 0.25) is 0 Å². The smallest absolute Gasteiger partial charge is 0.243 e. The Morgan fingerprint density at radius 2 is 1.59 bits per heavy atom. The van der Waals surface area contributed by atoms with Crippen molar-refractivity contribution in [1.82, 2.24) is 9.62 Å². The molecule has 0 atom stereocenters. The van der Waals surface area contributed by atoms with Crippen molar-refractivity contribution in [2.75, 3.05) is 26.0 Å². The van der Waals surface area contributed by atoms with E-state index in [9.17, 15) is 21.6 Å². The van der Waals surface area contributed by atoms with Crippen LogP contribution >= 0.6 is 0 Å². The minimum atomic E-state index is -3.74. The number of ether oxygens (including phenoxy) is 1. The van der Waals surface area contributed by atoms with E-state index < -0.39 is 25.3 Å². The van der Waals surface area contributed by atoms with Gasteiger partial charge in [0.1, 0.15) is 5.75 Å². The minimum Gasteiger partial charge on any atom is -0.493 e. The molecule has 1 aliphatic heterocycles. The fourth-order valence-corrected chi connectivity index (χ4v) is 6.40. The molecule has 1 aliphatic rings. The fraction of sp³-hybridized carbons (Fsp3) is 0.519. The van der Waals surface area contributed by atoms with E-state index in [1.165, 1.54) is 28.6 Å². The van der Waals surface area contributed by atoms with Gasteiger partial charge in [0.2, 0.25) is 15.9 Å². The summed E-state index contributed by atoms with van der Waals surface area (Å²) in [7, 11) is -7.14. The molecule has 0 unspecified atom stereocenters. The highest BCUT2D eigenvalue weighted by Crippen LogP contribution is 2.26. The molecule has 0 radical (unpaired) electrons. The topological polar surface area (TPSA) is 110 Å².